The Morgan fingerprint density at radius 3 is 2.29 bits per heavy atom. The molecule has 2 aromatic carbocycles. The molecule has 1 heterocycles. The van der Waals surface area contributed by atoms with Gasteiger partial charge in [0.15, 0.2) is 0 Å². The lowest BCUT2D eigenvalue weighted by Crippen LogP contribution is -2.13. The van der Waals surface area contributed by atoms with E-state index in [4.69, 9.17) is 4.74 Å². The van der Waals surface area contributed by atoms with Crippen LogP contribution >= 0.6 is 0 Å². The van der Waals surface area contributed by atoms with Crippen LogP contribution in [0.25, 0.3) is 0 Å². The highest BCUT2D eigenvalue weighted by Crippen LogP contribution is 2.25. The number of ether oxygens (including phenoxy) is 1. The van der Waals surface area contributed by atoms with E-state index in [1.54, 1.807) is 31.4 Å². The highest BCUT2D eigenvalue weighted by Gasteiger charge is 2.09. The zero-order valence-electron chi connectivity index (χ0n) is 15.4. The molecule has 0 aliphatic rings. The maximum Gasteiger partial charge on any atom is 0.258 e. The average molecular weight is 377 g/mol. The van der Waals surface area contributed by atoms with Crippen LogP contribution in [-0.2, 0) is 4.79 Å². The molecule has 0 fully saturated rings. The molecular formula is C20H19N5O3. The summed E-state index contributed by atoms with van der Waals surface area (Å²) in [4.78, 5) is 31.9. The topological polar surface area (TPSA) is 105 Å². The van der Waals surface area contributed by atoms with Crippen LogP contribution in [0.15, 0.2) is 60.9 Å². The van der Waals surface area contributed by atoms with Crippen molar-refractivity contribution in [3.05, 3.63) is 66.5 Å². The Bertz CT molecular complexity index is 989. The lowest BCUT2D eigenvalue weighted by atomic mass is 10.2. The number of aromatic nitrogens is 2. The van der Waals surface area contributed by atoms with Gasteiger partial charge in [-0.1, -0.05) is 18.2 Å². The van der Waals surface area contributed by atoms with E-state index in [1.807, 2.05) is 24.3 Å². The van der Waals surface area contributed by atoms with Crippen LogP contribution in [0.2, 0.25) is 0 Å². The fourth-order valence-corrected chi connectivity index (χ4v) is 2.46. The second-order valence-electron chi connectivity index (χ2n) is 5.84. The molecule has 0 bridgehead atoms. The molecule has 3 aromatic rings. The minimum Gasteiger partial charge on any atom is -0.495 e. The molecule has 0 unspecified atom stereocenters. The molecule has 3 N–H and O–H groups in total. The van der Waals surface area contributed by atoms with Crippen molar-refractivity contribution in [3.8, 4) is 5.75 Å². The van der Waals surface area contributed by atoms with Crippen molar-refractivity contribution in [2.24, 2.45) is 0 Å². The van der Waals surface area contributed by atoms with E-state index in [1.165, 1.54) is 19.3 Å². The van der Waals surface area contributed by atoms with Crippen LogP contribution in [0.5, 0.6) is 5.75 Å². The molecule has 0 aliphatic heterocycles. The largest absolute Gasteiger partial charge is 0.495 e. The molecule has 0 saturated carbocycles. The lowest BCUT2D eigenvalue weighted by Gasteiger charge is -2.10. The molecule has 8 heteroatoms. The predicted octanol–water partition coefficient (Wildman–Crippen LogP) is 3.44. The second kappa shape index (κ2) is 8.63. The Hall–Kier alpha value is -3.94. The Balaban J connectivity index is 1.68. The standard InChI is InChI=1S/C20H19N5O3/c1-13(26)23-15-6-5-7-16(10-15)24-19(27)14-11-21-20(22-12-14)25-17-8-3-4-9-18(17)28-2/h3-12H,1-2H3,(H,23,26)(H,24,27)(H,21,22,25). The third-order valence-electron chi connectivity index (χ3n) is 3.71. The van der Waals surface area contributed by atoms with Gasteiger partial charge in [0.05, 0.1) is 18.4 Å². The number of carbonyl (C=O) groups is 2. The first-order valence-electron chi connectivity index (χ1n) is 8.46. The Morgan fingerprint density at radius 2 is 1.61 bits per heavy atom. The SMILES string of the molecule is COc1ccccc1Nc1ncc(C(=O)Nc2cccc(NC(C)=O)c2)cn1. The molecular weight excluding hydrogens is 358 g/mol. The number of benzene rings is 2. The number of nitrogens with one attached hydrogen (secondary N) is 3. The zero-order chi connectivity index (χ0) is 19.9. The van der Waals surface area contributed by atoms with Crippen molar-refractivity contribution in [1.29, 1.82) is 0 Å². The number of carbonyl (C=O) groups excluding carboxylic acids is 2. The molecule has 8 nitrogen and oxygen atoms in total. The van der Waals surface area contributed by atoms with E-state index in [2.05, 4.69) is 25.9 Å². The third kappa shape index (κ3) is 4.82. The van der Waals surface area contributed by atoms with Crippen molar-refractivity contribution in [2.45, 2.75) is 6.92 Å². The second-order valence-corrected chi connectivity index (χ2v) is 5.84. The Labute approximate surface area is 162 Å². The summed E-state index contributed by atoms with van der Waals surface area (Å²) in [5, 5.41) is 8.46. The number of para-hydroxylation sites is 2. The van der Waals surface area contributed by atoms with E-state index < -0.39 is 0 Å². The molecule has 0 spiro atoms. The Morgan fingerprint density at radius 1 is 0.929 bits per heavy atom. The summed E-state index contributed by atoms with van der Waals surface area (Å²) in [7, 11) is 1.58. The minimum absolute atomic E-state index is 0.185. The van der Waals surface area contributed by atoms with Gasteiger partial charge < -0.3 is 20.7 Å². The van der Waals surface area contributed by atoms with Gasteiger partial charge in [0.25, 0.3) is 5.91 Å². The predicted molar refractivity (Wildman–Crippen MR) is 107 cm³/mol. The van der Waals surface area contributed by atoms with Crippen LogP contribution in [0.3, 0.4) is 0 Å². The number of hydrogen-bond donors (Lipinski definition) is 3. The van der Waals surface area contributed by atoms with E-state index in [9.17, 15) is 9.59 Å². The number of amides is 2. The molecule has 0 aliphatic carbocycles. The van der Waals surface area contributed by atoms with Crippen LogP contribution in [0.4, 0.5) is 23.0 Å². The molecule has 1 aromatic heterocycles. The summed E-state index contributed by atoms with van der Waals surface area (Å²) in [6, 6.07) is 14.2. The summed E-state index contributed by atoms with van der Waals surface area (Å²) < 4.78 is 5.27. The van der Waals surface area contributed by atoms with Gasteiger partial charge in [0, 0.05) is 30.7 Å². The number of anilines is 4. The van der Waals surface area contributed by atoms with E-state index in [-0.39, 0.29) is 11.8 Å². The van der Waals surface area contributed by atoms with Gasteiger partial charge in [-0.3, -0.25) is 9.59 Å². The van der Waals surface area contributed by atoms with E-state index >= 15 is 0 Å². The van der Waals surface area contributed by atoms with Gasteiger partial charge in [-0.2, -0.15) is 0 Å². The van der Waals surface area contributed by atoms with Crippen LogP contribution in [-0.4, -0.2) is 28.9 Å². The first-order chi connectivity index (χ1) is 13.5. The first-order valence-corrected chi connectivity index (χ1v) is 8.46. The van der Waals surface area contributed by atoms with Gasteiger partial charge in [-0.15, -0.1) is 0 Å². The summed E-state index contributed by atoms with van der Waals surface area (Å²) in [6.45, 7) is 1.42. The first kappa shape index (κ1) is 18.8. The van der Waals surface area contributed by atoms with Crippen molar-refractivity contribution in [3.63, 3.8) is 0 Å². The smallest absolute Gasteiger partial charge is 0.258 e. The summed E-state index contributed by atoms with van der Waals surface area (Å²) in [5.74, 6) is 0.458. The summed E-state index contributed by atoms with van der Waals surface area (Å²) in [5.41, 5.74) is 2.16. The number of rotatable bonds is 6. The number of hydrogen-bond acceptors (Lipinski definition) is 6. The fraction of sp³-hybridized carbons (Fsp3) is 0.100. The van der Waals surface area contributed by atoms with Crippen LogP contribution in [0.1, 0.15) is 17.3 Å². The molecule has 28 heavy (non-hydrogen) atoms. The lowest BCUT2D eigenvalue weighted by molar-refractivity contribution is -0.114. The Kier molecular flexibility index (Phi) is 5.81. The quantitative estimate of drug-likeness (QED) is 0.608. The molecule has 142 valence electrons. The van der Waals surface area contributed by atoms with Crippen molar-refractivity contribution >= 4 is 34.8 Å². The number of nitrogens with zero attached hydrogens (tertiary/aromatic N) is 2. The highest BCUT2D eigenvalue weighted by atomic mass is 16.5. The summed E-state index contributed by atoms with van der Waals surface area (Å²) >= 11 is 0. The number of methoxy groups -OCH3 is 1. The van der Waals surface area contributed by atoms with Crippen molar-refractivity contribution in [1.82, 2.24) is 9.97 Å². The van der Waals surface area contributed by atoms with Gasteiger partial charge in [0.1, 0.15) is 5.75 Å². The van der Waals surface area contributed by atoms with Gasteiger partial charge in [0.2, 0.25) is 11.9 Å². The van der Waals surface area contributed by atoms with Crippen LogP contribution in [0, 0.1) is 0 Å². The fourth-order valence-electron chi connectivity index (χ4n) is 2.46. The van der Waals surface area contributed by atoms with Crippen molar-refractivity contribution < 1.29 is 14.3 Å². The monoisotopic (exact) mass is 377 g/mol. The molecule has 2 amide bonds. The van der Waals surface area contributed by atoms with E-state index in [0.29, 0.717) is 28.6 Å². The highest BCUT2D eigenvalue weighted by molar-refractivity contribution is 6.04. The van der Waals surface area contributed by atoms with Crippen LogP contribution < -0.4 is 20.7 Å². The maximum atomic E-state index is 12.4. The molecule has 0 radical (unpaired) electrons. The van der Waals surface area contributed by atoms with Crippen molar-refractivity contribution in [2.75, 3.05) is 23.1 Å². The van der Waals surface area contributed by atoms with Gasteiger partial charge in [-0.25, -0.2) is 9.97 Å². The third-order valence-corrected chi connectivity index (χ3v) is 3.71. The zero-order valence-corrected chi connectivity index (χ0v) is 15.4. The summed E-state index contributed by atoms with van der Waals surface area (Å²) in [6.07, 6.45) is 2.86. The van der Waals surface area contributed by atoms with Gasteiger partial charge in [-0.05, 0) is 30.3 Å². The molecule has 0 atom stereocenters. The molecule has 0 saturated heterocycles. The molecule has 3 rings (SSSR count). The maximum absolute atomic E-state index is 12.4. The normalized spacial score (nSPS) is 10.1. The minimum atomic E-state index is -0.358. The average Bonchev–Trinajstić information content (AvgIpc) is 2.68. The van der Waals surface area contributed by atoms with E-state index in [0.717, 1.165) is 5.69 Å². The van der Waals surface area contributed by atoms with Gasteiger partial charge >= 0.3 is 0 Å².